The van der Waals surface area contributed by atoms with Gasteiger partial charge in [0, 0.05) is 40.8 Å². The number of hydrogen-bond acceptors (Lipinski definition) is 6. The summed E-state index contributed by atoms with van der Waals surface area (Å²) in [5.41, 5.74) is 9.81. The summed E-state index contributed by atoms with van der Waals surface area (Å²) >= 11 is 0. The summed E-state index contributed by atoms with van der Waals surface area (Å²) in [5, 5.41) is 29.7. The summed E-state index contributed by atoms with van der Waals surface area (Å²) in [6, 6.07) is 0. The molecule has 15 heteroatoms. The summed E-state index contributed by atoms with van der Waals surface area (Å²) < 4.78 is 0. The predicted molar refractivity (Wildman–Crippen MR) is 88.8 cm³/mol. The summed E-state index contributed by atoms with van der Waals surface area (Å²) in [5.74, 6) is -3.33. The molecule has 0 saturated heterocycles. The zero-order chi connectivity index (χ0) is 17.7. The van der Waals surface area contributed by atoms with Crippen molar-refractivity contribution in [2.75, 3.05) is 13.1 Å². The number of carboxylic acid groups (broad SMARTS) is 4. The van der Waals surface area contributed by atoms with Crippen molar-refractivity contribution < 1.29 is 115 Å². The molecule has 0 atom stereocenters. The smallest absolute Gasteiger partial charge is 1.00 e. The molecular formula is C10H32CaN2Na2O10. The average molecular weight is 426 g/mol. The van der Waals surface area contributed by atoms with Gasteiger partial charge < -0.3 is 48.6 Å². The van der Waals surface area contributed by atoms with Gasteiger partial charge in [-0.05, 0) is 0 Å². The number of hydrogen-bond donors (Lipinski definition) is 6. The summed E-state index contributed by atoms with van der Waals surface area (Å²) in [7, 11) is 0. The predicted octanol–water partition coefficient (Wildman–Crippen LogP) is -8.30. The van der Waals surface area contributed by atoms with Gasteiger partial charge in [-0.25, -0.2) is 0 Å². The minimum atomic E-state index is -0.833. The van der Waals surface area contributed by atoms with E-state index >= 15 is 0 Å². The van der Waals surface area contributed by atoms with Crippen LogP contribution in [0.5, 0.6) is 0 Å². The van der Waals surface area contributed by atoms with E-state index in [1.54, 1.807) is 0 Å². The van der Waals surface area contributed by atoms with E-state index in [4.69, 9.17) is 51.1 Å². The van der Waals surface area contributed by atoms with Crippen molar-refractivity contribution in [3.05, 3.63) is 0 Å². The molecule has 25 heavy (non-hydrogen) atoms. The topological polar surface area (TPSA) is 264 Å². The van der Waals surface area contributed by atoms with Crippen LogP contribution in [0.3, 0.4) is 0 Å². The van der Waals surface area contributed by atoms with Crippen LogP contribution in [0, 0.1) is 0 Å². The van der Waals surface area contributed by atoms with Gasteiger partial charge in [-0.1, -0.05) is 0 Å². The third-order valence-corrected chi connectivity index (χ3v) is 0.167. The van der Waals surface area contributed by atoms with E-state index in [1.165, 1.54) is 0 Å². The first-order chi connectivity index (χ1) is 8.84. The van der Waals surface area contributed by atoms with Gasteiger partial charge >= 0.3 is 96.9 Å². The van der Waals surface area contributed by atoms with Crippen molar-refractivity contribution in [3.63, 3.8) is 0 Å². The van der Waals surface area contributed by atoms with Gasteiger partial charge in [0.1, 0.15) is 0 Å². The largest absolute Gasteiger partial charge is 2.00 e. The monoisotopic (exact) mass is 426 g/mol. The van der Waals surface area contributed by atoms with E-state index in [9.17, 15) is 0 Å². The van der Waals surface area contributed by atoms with Crippen molar-refractivity contribution in [2.24, 2.45) is 11.5 Å². The number of rotatable bonds is 1. The number of carbonyl (C=O) groups is 4. The normalized spacial score (nSPS) is 5.20. The zero-order valence-corrected chi connectivity index (χ0v) is 21.9. The first kappa shape index (κ1) is 63.5. The SMILES string of the molecule is CC(=O)O.CC(=O)O.CC(=O)O.CC(=O)O.NCCN.O.O.[Ca+2].[H-].[H-].[H-].[H-].[Na+].[Na+]. The van der Waals surface area contributed by atoms with Gasteiger partial charge in [-0.2, -0.15) is 0 Å². The molecule has 0 aliphatic carbocycles. The Morgan fingerprint density at radius 1 is 0.640 bits per heavy atom. The number of carboxylic acids is 4. The maximum Gasteiger partial charge on any atom is 2.00 e. The maximum absolute atomic E-state index is 9.00. The fraction of sp³-hybridized carbons (Fsp3) is 0.600. The van der Waals surface area contributed by atoms with Gasteiger partial charge in [-0.15, -0.1) is 0 Å². The Morgan fingerprint density at radius 3 is 0.680 bits per heavy atom. The first-order valence-electron chi connectivity index (χ1n) is 5.03. The summed E-state index contributed by atoms with van der Waals surface area (Å²) in [6.45, 7) is 5.53. The fourth-order valence-electron chi connectivity index (χ4n) is 0. The second-order valence-electron chi connectivity index (χ2n) is 2.65. The molecule has 0 aromatic heterocycles. The molecule has 0 saturated carbocycles. The van der Waals surface area contributed by atoms with Crippen LogP contribution in [0.4, 0.5) is 0 Å². The molecule has 0 radical (unpaired) electrons. The summed E-state index contributed by atoms with van der Waals surface area (Å²) in [6.07, 6.45) is 0. The van der Waals surface area contributed by atoms with Gasteiger partial charge in [0.25, 0.3) is 23.9 Å². The Hall–Kier alpha value is 0.980. The van der Waals surface area contributed by atoms with Crippen LogP contribution in [0.15, 0.2) is 0 Å². The van der Waals surface area contributed by atoms with Crippen molar-refractivity contribution >= 4 is 61.6 Å². The van der Waals surface area contributed by atoms with Crippen molar-refractivity contribution in [3.8, 4) is 0 Å². The fourth-order valence-corrected chi connectivity index (χ4v) is 0. The van der Waals surface area contributed by atoms with Crippen LogP contribution in [0.1, 0.15) is 33.4 Å². The van der Waals surface area contributed by atoms with E-state index in [1.807, 2.05) is 0 Å². The molecule has 146 valence electrons. The Kier molecular flexibility index (Phi) is 163. The van der Waals surface area contributed by atoms with Crippen LogP contribution in [-0.2, 0) is 19.2 Å². The molecule has 0 unspecified atom stereocenters. The first-order valence-corrected chi connectivity index (χ1v) is 5.03. The van der Waals surface area contributed by atoms with Crippen molar-refractivity contribution in [2.45, 2.75) is 27.7 Å². The molecule has 0 fully saturated rings. The third-order valence-electron chi connectivity index (χ3n) is 0.167. The Morgan fingerprint density at radius 2 is 0.680 bits per heavy atom. The molecule has 0 aromatic rings. The maximum atomic E-state index is 9.00. The molecule has 0 aliphatic rings. The number of aliphatic carboxylic acids is 4. The molecule has 0 heterocycles. The molecular weight excluding hydrogens is 394 g/mol. The molecule has 0 spiro atoms. The van der Waals surface area contributed by atoms with Gasteiger partial charge in [0.2, 0.25) is 0 Å². The molecule has 12 nitrogen and oxygen atoms in total. The van der Waals surface area contributed by atoms with E-state index in [-0.39, 0.29) is 114 Å². The van der Waals surface area contributed by atoms with Crippen LogP contribution >= 0.6 is 0 Å². The van der Waals surface area contributed by atoms with Gasteiger partial charge in [0.05, 0.1) is 0 Å². The van der Waals surface area contributed by atoms with E-state index in [2.05, 4.69) is 0 Å². The minimum absolute atomic E-state index is 0. The van der Waals surface area contributed by atoms with E-state index in [0.717, 1.165) is 27.7 Å². The van der Waals surface area contributed by atoms with E-state index in [0.29, 0.717) is 13.1 Å². The van der Waals surface area contributed by atoms with Crippen LogP contribution < -0.4 is 70.6 Å². The number of nitrogens with two attached hydrogens (primary N) is 2. The van der Waals surface area contributed by atoms with Gasteiger partial charge in [-0.3, -0.25) is 19.2 Å². The quantitative estimate of drug-likeness (QED) is 0.215. The van der Waals surface area contributed by atoms with Crippen molar-refractivity contribution in [1.82, 2.24) is 0 Å². The molecule has 0 bridgehead atoms. The van der Waals surface area contributed by atoms with E-state index < -0.39 is 23.9 Å². The van der Waals surface area contributed by atoms with Crippen LogP contribution in [-0.4, -0.2) is 106 Å². The standard InChI is InChI=1S/C2H8N2.4C2H4O2.Ca.2Na.2H2O.4H/c3-1-2-4;4*1-2(3)4;;;;;;;;;/h1-4H2;4*1H3,(H,3,4);;;;2*1H2;;;;/q;;;;;+2;2*+1;;;4*-1. The molecule has 0 aromatic carbocycles. The second kappa shape index (κ2) is 64.0. The second-order valence-corrected chi connectivity index (χ2v) is 2.65. The van der Waals surface area contributed by atoms with Crippen LogP contribution in [0.2, 0.25) is 0 Å². The average Bonchev–Trinajstić information content (AvgIpc) is 2.13. The Balaban J connectivity index is -0.00000000750. The summed E-state index contributed by atoms with van der Waals surface area (Å²) in [4.78, 5) is 36.0. The van der Waals surface area contributed by atoms with Crippen LogP contribution in [0.25, 0.3) is 0 Å². The third kappa shape index (κ3) is 3370. The molecule has 12 N–H and O–H groups in total. The van der Waals surface area contributed by atoms with Crippen molar-refractivity contribution in [1.29, 1.82) is 0 Å². The Labute approximate surface area is 226 Å². The Bertz CT molecular complexity index is 225. The zero-order valence-electron chi connectivity index (χ0n) is 19.7. The minimum Gasteiger partial charge on any atom is -1.00 e. The molecule has 0 aliphatic heterocycles. The molecule has 0 amide bonds. The molecule has 0 rings (SSSR count). The van der Waals surface area contributed by atoms with Gasteiger partial charge in [0.15, 0.2) is 0 Å².